The van der Waals surface area contributed by atoms with E-state index in [1.165, 1.54) is 0 Å². The molecule has 0 atom stereocenters. The lowest BCUT2D eigenvalue weighted by molar-refractivity contribution is 0.0184. The number of aromatic nitrogens is 3. The number of nitrogens with zero attached hydrogens (tertiary/aromatic N) is 4. The maximum Gasteiger partial charge on any atom is 0.410 e. The molecular formula is C25H38FN5O2. The van der Waals surface area contributed by atoms with Gasteiger partial charge in [0.05, 0.1) is 5.54 Å². The van der Waals surface area contributed by atoms with Crippen molar-refractivity contribution in [3.8, 4) is 0 Å². The number of piperidine rings is 1. The van der Waals surface area contributed by atoms with Crippen LogP contribution >= 0.6 is 0 Å². The lowest BCUT2D eigenvalue weighted by Gasteiger charge is -2.33. The Labute approximate surface area is 196 Å². The number of carbonyl (C=O) groups is 1. The molecule has 1 saturated heterocycles. The van der Waals surface area contributed by atoms with Crippen LogP contribution in [0.1, 0.15) is 71.3 Å². The third kappa shape index (κ3) is 6.45. The zero-order valence-corrected chi connectivity index (χ0v) is 21.3. The standard InChI is InChI=1S/C25H38FN5O2/c1-16-13-19(15-18-9-11-30(12-10-18)23(32)33-25(6,7)8)27-22(21(16)26)28-20-14-17(2)31(29-20)24(3,4)5/h13-14,18H,9-12,15H2,1-8H3,(H,27,28,29). The van der Waals surface area contributed by atoms with Crippen LogP contribution in [0.15, 0.2) is 12.1 Å². The minimum Gasteiger partial charge on any atom is -0.444 e. The van der Waals surface area contributed by atoms with Crippen LogP contribution in [-0.2, 0) is 16.7 Å². The summed E-state index contributed by atoms with van der Waals surface area (Å²) in [7, 11) is 0. The Morgan fingerprint density at radius 1 is 1.15 bits per heavy atom. The van der Waals surface area contributed by atoms with E-state index in [0.29, 0.717) is 30.4 Å². The predicted octanol–water partition coefficient (Wildman–Crippen LogP) is 5.72. The molecule has 0 bridgehead atoms. The average Bonchev–Trinajstić information content (AvgIpc) is 3.05. The van der Waals surface area contributed by atoms with Crippen molar-refractivity contribution in [1.82, 2.24) is 19.7 Å². The van der Waals surface area contributed by atoms with E-state index < -0.39 is 5.60 Å². The van der Waals surface area contributed by atoms with Gasteiger partial charge in [0.15, 0.2) is 17.5 Å². The summed E-state index contributed by atoms with van der Waals surface area (Å²) in [6.07, 6.45) is 2.23. The summed E-state index contributed by atoms with van der Waals surface area (Å²) >= 11 is 0. The van der Waals surface area contributed by atoms with Crippen LogP contribution in [0.2, 0.25) is 0 Å². The highest BCUT2D eigenvalue weighted by Gasteiger charge is 2.27. The Balaban J connectivity index is 1.67. The fourth-order valence-corrected chi connectivity index (χ4v) is 4.19. The van der Waals surface area contributed by atoms with Crippen LogP contribution in [0.25, 0.3) is 0 Å². The van der Waals surface area contributed by atoms with Gasteiger partial charge in [-0.25, -0.2) is 14.2 Å². The lowest BCUT2D eigenvalue weighted by Crippen LogP contribution is -2.42. The van der Waals surface area contributed by atoms with Crippen molar-refractivity contribution < 1.29 is 13.9 Å². The van der Waals surface area contributed by atoms with Crippen LogP contribution in [-0.4, -0.2) is 44.4 Å². The zero-order valence-electron chi connectivity index (χ0n) is 21.3. The minimum atomic E-state index is -0.492. The first kappa shape index (κ1) is 25.0. The molecule has 2 aromatic heterocycles. The molecule has 3 heterocycles. The molecule has 1 amide bonds. The average molecular weight is 460 g/mol. The van der Waals surface area contributed by atoms with Crippen molar-refractivity contribution in [2.75, 3.05) is 18.4 Å². The van der Waals surface area contributed by atoms with Crippen LogP contribution in [0.4, 0.5) is 20.8 Å². The summed E-state index contributed by atoms with van der Waals surface area (Å²) in [4.78, 5) is 18.7. The number of rotatable bonds is 4. The van der Waals surface area contributed by atoms with E-state index in [0.717, 1.165) is 30.7 Å². The molecule has 0 aliphatic carbocycles. The monoisotopic (exact) mass is 459 g/mol. The highest BCUT2D eigenvalue weighted by atomic mass is 19.1. The number of nitrogens with one attached hydrogen (secondary N) is 1. The molecule has 1 aliphatic rings. The Bertz CT molecular complexity index is 995. The Morgan fingerprint density at radius 2 is 1.79 bits per heavy atom. The number of aryl methyl sites for hydroxylation is 2. The molecule has 182 valence electrons. The van der Waals surface area contributed by atoms with E-state index in [2.05, 4.69) is 36.2 Å². The maximum absolute atomic E-state index is 14.8. The van der Waals surface area contributed by atoms with Crippen LogP contribution in [0.3, 0.4) is 0 Å². The molecule has 0 spiro atoms. The number of carbonyl (C=O) groups excluding carboxylic acids is 1. The normalized spacial score (nSPS) is 15.6. The summed E-state index contributed by atoms with van der Waals surface area (Å²) in [6, 6.07) is 3.72. The Hall–Kier alpha value is -2.64. The third-order valence-corrected chi connectivity index (χ3v) is 5.73. The molecule has 0 aromatic carbocycles. The Morgan fingerprint density at radius 3 is 2.33 bits per heavy atom. The van der Waals surface area contributed by atoms with Gasteiger partial charge in [-0.1, -0.05) is 0 Å². The zero-order chi connectivity index (χ0) is 24.6. The van der Waals surface area contributed by atoms with Crippen molar-refractivity contribution in [1.29, 1.82) is 0 Å². The molecule has 0 saturated carbocycles. The number of halogens is 1. The maximum atomic E-state index is 14.8. The van der Waals surface area contributed by atoms with Gasteiger partial charge in [-0.2, -0.15) is 5.10 Å². The second kappa shape index (κ2) is 9.31. The first-order valence-corrected chi connectivity index (χ1v) is 11.7. The molecule has 8 heteroatoms. The quantitative estimate of drug-likeness (QED) is 0.633. The van der Waals surface area contributed by atoms with E-state index in [4.69, 9.17) is 4.74 Å². The number of amides is 1. The number of hydrogen-bond acceptors (Lipinski definition) is 5. The van der Waals surface area contributed by atoms with Gasteiger partial charge in [-0.05, 0) is 92.2 Å². The van der Waals surface area contributed by atoms with E-state index in [1.807, 2.05) is 44.5 Å². The number of hydrogen-bond donors (Lipinski definition) is 1. The topological polar surface area (TPSA) is 72.3 Å². The van der Waals surface area contributed by atoms with Gasteiger partial charge in [0.1, 0.15) is 5.60 Å². The largest absolute Gasteiger partial charge is 0.444 e. The Kier molecular flexibility index (Phi) is 7.05. The smallest absolute Gasteiger partial charge is 0.410 e. The second-order valence-electron chi connectivity index (χ2n) is 11.1. The van der Waals surface area contributed by atoms with Gasteiger partial charge in [-0.3, -0.25) is 4.68 Å². The van der Waals surface area contributed by atoms with E-state index in [1.54, 1.807) is 11.8 Å². The van der Waals surface area contributed by atoms with Crippen molar-refractivity contribution in [3.05, 3.63) is 34.9 Å². The highest BCUT2D eigenvalue weighted by molar-refractivity contribution is 5.68. The lowest BCUT2D eigenvalue weighted by atomic mass is 9.92. The number of anilines is 2. The number of likely N-dealkylation sites (tertiary alicyclic amines) is 1. The fraction of sp³-hybridized carbons (Fsp3) is 0.640. The predicted molar refractivity (Wildman–Crippen MR) is 128 cm³/mol. The molecule has 1 fully saturated rings. The summed E-state index contributed by atoms with van der Waals surface area (Å²) in [5.74, 6) is 0.809. The summed E-state index contributed by atoms with van der Waals surface area (Å²) < 4.78 is 22.2. The van der Waals surface area contributed by atoms with Gasteiger partial charge in [-0.15, -0.1) is 0 Å². The second-order valence-corrected chi connectivity index (χ2v) is 11.1. The summed E-state index contributed by atoms with van der Waals surface area (Å²) in [5.41, 5.74) is 1.74. The van der Waals surface area contributed by atoms with Gasteiger partial charge in [0.2, 0.25) is 0 Å². The first-order valence-electron chi connectivity index (χ1n) is 11.7. The molecule has 1 N–H and O–H groups in total. The van der Waals surface area contributed by atoms with Gasteiger partial charge in [0, 0.05) is 30.5 Å². The van der Waals surface area contributed by atoms with Gasteiger partial charge >= 0.3 is 6.09 Å². The van der Waals surface area contributed by atoms with Crippen molar-refractivity contribution >= 4 is 17.7 Å². The van der Waals surface area contributed by atoms with Crippen LogP contribution < -0.4 is 5.32 Å². The molecule has 2 aromatic rings. The molecule has 7 nitrogen and oxygen atoms in total. The molecular weight excluding hydrogens is 421 g/mol. The molecule has 3 rings (SSSR count). The number of ether oxygens (including phenoxy) is 1. The van der Waals surface area contributed by atoms with Gasteiger partial charge in [0.25, 0.3) is 0 Å². The van der Waals surface area contributed by atoms with Crippen molar-refractivity contribution in [2.45, 2.75) is 85.8 Å². The van der Waals surface area contributed by atoms with Crippen molar-refractivity contribution in [2.24, 2.45) is 5.92 Å². The van der Waals surface area contributed by atoms with Crippen LogP contribution in [0.5, 0.6) is 0 Å². The van der Waals surface area contributed by atoms with E-state index >= 15 is 0 Å². The van der Waals surface area contributed by atoms with Crippen molar-refractivity contribution in [3.63, 3.8) is 0 Å². The first-order chi connectivity index (χ1) is 15.2. The molecule has 0 unspecified atom stereocenters. The molecule has 33 heavy (non-hydrogen) atoms. The van der Waals surface area contributed by atoms with E-state index in [-0.39, 0.29) is 23.3 Å². The van der Waals surface area contributed by atoms with Crippen LogP contribution in [0, 0.1) is 25.6 Å². The summed E-state index contributed by atoms with van der Waals surface area (Å²) in [6.45, 7) is 16.9. The third-order valence-electron chi connectivity index (χ3n) is 5.73. The van der Waals surface area contributed by atoms with E-state index in [9.17, 15) is 9.18 Å². The molecule has 0 radical (unpaired) electrons. The fourth-order valence-electron chi connectivity index (χ4n) is 4.19. The SMILES string of the molecule is Cc1cc(CC2CCN(C(=O)OC(C)(C)C)CC2)nc(Nc2cc(C)n(C(C)(C)C)n2)c1F. The minimum absolute atomic E-state index is 0.165. The highest BCUT2D eigenvalue weighted by Crippen LogP contribution is 2.27. The van der Waals surface area contributed by atoms with Gasteiger partial charge < -0.3 is 15.0 Å². The number of pyridine rings is 1. The molecule has 1 aliphatic heterocycles. The summed E-state index contributed by atoms with van der Waals surface area (Å²) in [5, 5.41) is 7.67.